The van der Waals surface area contributed by atoms with E-state index in [1.165, 1.54) is 22.2 Å². The molecular weight excluding hydrogens is 304 g/mol. The van der Waals surface area contributed by atoms with Gasteiger partial charge in [0.1, 0.15) is 4.70 Å². The Bertz CT molecular complexity index is 902. The maximum atomic E-state index is 12.4. The van der Waals surface area contributed by atoms with Gasteiger partial charge in [0.2, 0.25) is 0 Å². The molecule has 6 heteroatoms. The Hall–Kier alpha value is -1.79. The monoisotopic (exact) mass is 318 g/mol. The highest BCUT2D eigenvalue weighted by atomic mass is 32.1. The van der Waals surface area contributed by atoms with E-state index in [1.807, 2.05) is 32.2 Å². The zero-order chi connectivity index (χ0) is 15.1. The summed E-state index contributed by atoms with van der Waals surface area (Å²) >= 11 is 2.98. The normalized spacial score (nSPS) is 11.2. The lowest BCUT2D eigenvalue weighted by Crippen LogP contribution is -2.24. The fraction of sp³-hybridized carbons (Fsp3) is 0.267. The van der Waals surface area contributed by atoms with E-state index in [0.717, 1.165) is 20.8 Å². The molecule has 21 heavy (non-hydrogen) atoms. The number of fused-ring (bicyclic) bond motifs is 1. The molecule has 108 valence electrons. The predicted molar refractivity (Wildman–Crippen MR) is 86.7 cm³/mol. The van der Waals surface area contributed by atoms with E-state index in [1.54, 1.807) is 11.3 Å². The summed E-state index contributed by atoms with van der Waals surface area (Å²) in [5.41, 5.74) is 2.29. The number of aromatic nitrogens is 2. The van der Waals surface area contributed by atoms with Gasteiger partial charge in [-0.05, 0) is 37.8 Å². The maximum Gasteiger partial charge on any atom is 0.271 e. The molecule has 0 N–H and O–H groups in total. The molecule has 3 aromatic heterocycles. The standard InChI is InChI=1S/C15H14N2O2S2/c1-8-6-20-14-13(8)16-7-17(15(14)19)5-12(18)11-4-9(2)21-10(11)3/h4,6-7H,5H2,1-3H3. The molecule has 0 bridgehead atoms. The van der Waals surface area contributed by atoms with Gasteiger partial charge in [-0.2, -0.15) is 0 Å². The molecule has 0 amide bonds. The third kappa shape index (κ3) is 2.45. The van der Waals surface area contributed by atoms with Gasteiger partial charge in [-0.3, -0.25) is 14.2 Å². The van der Waals surface area contributed by atoms with Crippen molar-refractivity contribution in [2.75, 3.05) is 0 Å². The van der Waals surface area contributed by atoms with Crippen LogP contribution in [-0.2, 0) is 6.54 Å². The summed E-state index contributed by atoms with van der Waals surface area (Å²) in [6.45, 7) is 5.87. The summed E-state index contributed by atoms with van der Waals surface area (Å²) in [5.74, 6) is -0.0478. The molecular formula is C15H14N2O2S2. The van der Waals surface area contributed by atoms with Crippen molar-refractivity contribution in [1.29, 1.82) is 0 Å². The average molecular weight is 318 g/mol. The molecule has 0 saturated carbocycles. The molecule has 0 unspecified atom stereocenters. The number of carbonyl (C=O) groups is 1. The summed E-state index contributed by atoms with van der Waals surface area (Å²) in [6, 6.07) is 1.88. The maximum absolute atomic E-state index is 12.4. The van der Waals surface area contributed by atoms with Crippen molar-refractivity contribution in [1.82, 2.24) is 9.55 Å². The first-order valence-corrected chi connectivity index (χ1v) is 8.20. The topological polar surface area (TPSA) is 52.0 Å². The average Bonchev–Trinajstić information content (AvgIpc) is 2.96. The second-order valence-electron chi connectivity index (χ2n) is 5.02. The molecule has 0 atom stereocenters. The first-order chi connectivity index (χ1) is 9.97. The van der Waals surface area contributed by atoms with Crippen molar-refractivity contribution < 1.29 is 4.79 Å². The second-order valence-corrected chi connectivity index (χ2v) is 7.36. The van der Waals surface area contributed by atoms with E-state index in [0.29, 0.717) is 10.3 Å². The molecule has 3 rings (SSSR count). The van der Waals surface area contributed by atoms with Gasteiger partial charge in [0, 0.05) is 15.3 Å². The van der Waals surface area contributed by atoms with Gasteiger partial charge < -0.3 is 0 Å². The van der Waals surface area contributed by atoms with Crippen molar-refractivity contribution in [3.8, 4) is 0 Å². The summed E-state index contributed by atoms with van der Waals surface area (Å²) in [5, 5.41) is 1.91. The third-order valence-corrected chi connectivity index (χ3v) is 5.42. The number of carbonyl (C=O) groups excluding carboxylic acids is 1. The van der Waals surface area contributed by atoms with E-state index >= 15 is 0 Å². The van der Waals surface area contributed by atoms with Gasteiger partial charge in [0.25, 0.3) is 5.56 Å². The molecule has 0 aliphatic carbocycles. The largest absolute Gasteiger partial charge is 0.292 e. The molecule has 0 spiro atoms. The van der Waals surface area contributed by atoms with E-state index in [9.17, 15) is 9.59 Å². The summed E-state index contributed by atoms with van der Waals surface area (Å²) < 4.78 is 2.01. The lowest BCUT2D eigenvalue weighted by Gasteiger charge is -2.04. The van der Waals surface area contributed by atoms with Crippen LogP contribution in [0.3, 0.4) is 0 Å². The molecule has 3 aromatic rings. The van der Waals surface area contributed by atoms with Crippen LogP contribution in [0.15, 0.2) is 22.6 Å². The van der Waals surface area contributed by atoms with Crippen molar-refractivity contribution in [2.45, 2.75) is 27.3 Å². The van der Waals surface area contributed by atoms with Gasteiger partial charge in [-0.15, -0.1) is 22.7 Å². The minimum atomic E-state index is -0.143. The lowest BCUT2D eigenvalue weighted by atomic mass is 10.1. The number of hydrogen-bond donors (Lipinski definition) is 0. The molecule has 0 aromatic carbocycles. The van der Waals surface area contributed by atoms with Crippen LogP contribution in [0.4, 0.5) is 0 Å². The first-order valence-electron chi connectivity index (χ1n) is 6.51. The summed E-state index contributed by atoms with van der Waals surface area (Å²) in [6.07, 6.45) is 1.47. The van der Waals surface area contributed by atoms with Crippen molar-refractivity contribution >= 4 is 38.7 Å². The van der Waals surface area contributed by atoms with E-state index < -0.39 is 0 Å². The Morgan fingerprint density at radius 3 is 2.76 bits per heavy atom. The number of nitrogens with zero attached hydrogens (tertiary/aromatic N) is 2. The molecule has 4 nitrogen and oxygen atoms in total. The van der Waals surface area contributed by atoms with Crippen LogP contribution >= 0.6 is 22.7 Å². The highest BCUT2D eigenvalue weighted by Gasteiger charge is 2.15. The van der Waals surface area contributed by atoms with Crippen LogP contribution in [-0.4, -0.2) is 15.3 Å². The summed E-state index contributed by atoms with van der Waals surface area (Å²) in [7, 11) is 0. The van der Waals surface area contributed by atoms with Crippen molar-refractivity contribution in [2.24, 2.45) is 0 Å². The Labute approximate surface area is 129 Å². The lowest BCUT2D eigenvalue weighted by molar-refractivity contribution is 0.0970. The smallest absolute Gasteiger partial charge is 0.271 e. The van der Waals surface area contributed by atoms with E-state index in [2.05, 4.69) is 4.98 Å². The zero-order valence-electron chi connectivity index (χ0n) is 12.0. The Kier molecular flexibility index (Phi) is 3.51. The predicted octanol–water partition coefficient (Wildman–Crippen LogP) is 3.33. The molecule has 3 heterocycles. The summed E-state index contributed by atoms with van der Waals surface area (Å²) in [4.78, 5) is 31.1. The van der Waals surface area contributed by atoms with Crippen LogP contribution in [0, 0.1) is 20.8 Å². The van der Waals surface area contributed by atoms with Crippen LogP contribution < -0.4 is 5.56 Å². The second kappa shape index (κ2) is 5.20. The molecule has 0 aliphatic rings. The van der Waals surface area contributed by atoms with Crippen LogP contribution in [0.25, 0.3) is 10.2 Å². The highest BCUT2D eigenvalue weighted by Crippen LogP contribution is 2.22. The van der Waals surface area contributed by atoms with Gasteiger partial charge in [-0.25, -0.2) is 4.98 Å². The molecule has 0 radical (unpaired) electrons. The van der Waals surface area contributed by atoms with Gasteiger partial charge in [0.15, 0.2) is 5.78 Å². The van der Waals surface area contributed by atoms with Gasteiger partial charge >= 0.3 is 0 Å². The Morgan fingerprint density at radius 1 is 1.33 bits per heavy atom. The SMILES string of the molecule is Cc1cc(C(=O)Cn2cnc3c(C)csc3c2=O)c(C)s1. The molecule has 0 saturated heterocycles. The third-order valence-electron chi connectivity index (χ3n) is 3.38. The fourth-order valence-corrected chi connectivity index (χ4v) is 4.21. The number of aryl methyl sites for hydroxylation is 3. The van der Waals surface area contributed by atoms with Crippen LogP contribution in [0.5, 0.6) is 0 Å². The quantitative estimate of drug-likeness (QED) is 0.696. The van der Waals surface area contributed by atoms with Crippen molar-refractivity contribution in [3.63, 3.8) is 0 Å². The minimum Gasteiger partial charge on any atom is -0.292 e. The zero-order valence-corrected chi connectivity index (χ0v) is 13.6. The fourth-order valence-electron chi connectivity index (χ4n) is 2.32. The highest BCUT2D eigenvalue weighted by molar-refractivity contribution is 7.17. The number of thiophene rings is 2. The van der Waals surface area contributed by atoms with Gasteiger partial charge in [0.05, 0.1) is 18.4 Å². The number of Topliss-reactive ketones (excluding diaryl/α,β-unsaturated/α-hetero) is 1. The van der Waals surface area contributed by atoms with E-state index in [-0.39, 0.29) is 17.9 Å². The number of ketones is 1. The van der Waals surface area contributed by atoms with Gasteiger partial charge in [-0.1, -0.05) is 0 Å². The number of rotatable bonds is 3. The number of hydrogen-bond acceptors (Lipinski definition) is 5. The van der Waals surface area contributed by atoms with Crippen LogP contribution in [0.2, 0.25) is 0 Å². The first kappa shape index (κ1) is 14.2. The Balaban J connectivity index is 1.98. The van der Waals surface area contributed by atoms with Crippen LogP contribution in [0.1, 0.15) is 25.7 Å². The molecule has 0 fully saturated rings. The van der Waals surface area contributed by atoms with Crippen molar-refractivity contribution in [3.05, 3.63) is 49.0 Å². The van der Waals surface area contributed by atoms with E-state index in [4.69, 9.17) is 0 Å². The molecule has 0 aliphatic heterocycles. The Morgan fingerprint density at radius 2 is 2.10 bits per heavy atom. The minimum absolute atomic E-state index is 0.0374.